The predicted octanol–water partition coefficient (Wildman–Crippen LogP) is 7.55. The first-order chi connectivity index (χ1) is 15.9. The summed E-state index contributed by atoms with van der Waals surface area (Å²) in [6.45, 7) is 0. The maximum atomic E-state index is 4.81. The molecule has 32 heavy (non-hydrogen) atoms. The first kappa shape index (κ1) is 21.6. The second-order valence-electron chi connectivity index (χ2n) is 6.99. The minimum Gasteiger partial charge on any atom is -0.208 e. The van der Waals surface area contributed by atoms with Gasteiger partial charge < -0.3 is 0 Å². The molecule has 0 spiro atoms. The van der Waals surface area contributed by atoms with Gasteiger partial charge in [0.05, 0.1) is 0 Å². The normalized spacial score (nSPS) is 10.2. The van der Waals surface area contributed by atoms with Crippen LogP contribution in [0.4, 0.5) is 0 Å². The van der Waals surface area contributed by atoms with Gasteiger partial charge >= 0.3 is 0 Å². The molecule has 0 aliphatic rings. The quantitative estimate of drug-likeness (QED) is 0.249. The lowest BCUT2D eigenvalue weighted by Crippen LogP contribution is -2.00. The van der Waals surface area contributed by atoms with Crippen molar-refractivity contribution >= 4 is 15.9 Å². The highest BCUT2D eigenvalue weighted by atomic mass is 79.9. The lowest BCUT2D eigenvalue weighted by Gasteiger charge is -2.09. The molecule has 1 aromatic heterocycles. The number of hydrogen-bond donors (Lipinski definition) is 0. The number of benzene rings is 4. The van der Waals surface area contributed by atoms with Gasteiger partial charge in [-0.25, -0.2) is 15.0 Å². The molecule has 0 unspecified atom stereocenters. The second kappa shape index (κ2) is 10.6. The van der Waals surface area contributed by atoms with E-state index < -0.39 is 0 Å². The van der Waals surface area contributed by atoms with E-state index in [1.807, 2.05) is 96.8 Å². The van der Waals surface area contributed by atoms with Crippen molar-refractivity contribution in [3.8, 4) is 45.3 Å². The van der Waals surface area contributed by atoms with Crippen LogP contribution in [0, 0.1) is 0 Å². The van der Waals surface area contributed by atoms with E-state index >= 15 is 0 Å². The zero-order valence-electron chi connectivity index (χ0n) is 17.7. The Bertz CT molecular complexity index is 1220. The number of hydrogen-bond acceptors (Lipinski definition) is 3. The highest BCUT2D eigenvalue weighted by Gasteiger charge is 2.12. The molecule has 0 bridgehead atoms. The van der Waals surface area contributed by atoms with Crippen LogP contribution in [-0.4, -0.2) is 20.8 Å². The number of nitrogens with zero attached hydrogens (tertiary/aromatic N) is 3. The summed E-state index contributed by atoms with van der Waals surface area (Å²) >= 11 is 2.94. The number of aromatic nitrogens is 3. The van der Waals surface area contributed by atoms with Crippen LogP contribution in [0.5, 0.6) is 0 Å². The predicted molar refractivity (Wildman–Crippen MR) is 136 cm³/mol. The fraction of sp³-hybridized carbons (Fsp3) is 0.0357. The summed E-state index contributed by atoms with van der Waals surface area (Å²) in [7, 11) is 0. The smallest absolute Gasteiger partial charge is 0.164 e. The first-order valence-corrected chi connectivity index (χ1v) is 11.9. The Morgan fingerprint density at radius 3 is 1.19 bits per heavy atom. The number of halogens is 1. The average molecular weight is 480 g/mol. The highest BCUT2D eigenvalue weighted by Crippen LogP contribution is 2.27. The molecule has 3 nitrogen and oxygen atoms in total. The molecule has 0 amide bonds. The standard InChI is InChI=1S/C27H19N3.CH3Br/c1-4-11-20(12-5-1)23-17-10-18-24(19-23)27-29-25(21-13-6-2-7-14-21)28-26(30-27)22-15-8-3-9-16-22;1-2/h1-19H;1H3. The molecular formula is C28H22BrN3. The SMILES string of the molecule is CBr.c1ccc(-c2cccc(-c3nc(-c4ccccc4)nc(-c4ccccc4)n3)c2)cc1. The molecular weight excluding hydrogens is 458 g/mol. The topological polar surface area (TPSA) is 38.7 Å². The molecule has 5 aromatic rings. The van der Waals surface area contributed by atoms with Crippen LogP contribution in [0.3, 0.4) is 0 Å². The lowest BCUT2D eigenvalue weighted by molar-refractivity contribution is 1.07. The zero-order chi connectivity index (χ0) is 22.2. The van der Waals surface area contributed by atoms with Crippen molar-refractivity contribution in [2.24, 2.45) is 0 Å². The van der Waals surface area contributed by atoms with Crippen LogP contribution >= 0.6 is 15.9 Å². The van der Waals surface area contributed by atoms with Crippen molar-refractivity contribution in [3.05, 3.63) is 115 Å². The highest BCUT2D eigenvalue weighted by molar-refractivity contribution is 9.08. The van der Waals surface area contributed by atoms with Gasteiger partial charge in [-0.15, -0.1) is 0 Å². The van der Waals surface area contributed by atoms with Crippen molar-refractivity contribution in [3.63, 3.8) is 0 Å². The Morgan fingerprint density at radius 2 is 0.719 bits per heavy atom. The molecule has 0 radical (unpaired) electrons. The van der Waals surface area contributed by atoms with Crippen molar-refractivity contribution in [1.82, 2.24) is 15.0 Å². The molecule has 0 saturated carbocycles. The molecule has 0 N–H and O–H groups in total. The van der Waals surface area contributed by atoms with E-state index in [2.05, 4.69) is 40.2 Å². The molecule has 1 heterocycles. The molecule has 156 valence electrons. The second-order valence-corrected chi connectivity index (χ2v) is 6.99. The Kier molecular flexibility index (Phi) is 7.15. The van der Waals surface area contributed by atoms with Crippen molar-refractivity contribution in [1.29, 1.82) is 0 Å². The van der Waals surface area contributed by atoms with Crippen molar-refractivity contribution < 1.29 is 0 Å². The Hall–Kier alpha value is -3.63. The van der Waals surface area contributed by atoms with E-state index in [-0.39, 0.29) is 0 Å². The van der Waals surface area contributed by atoms with E-state index in [4.69, 9.17) is 15.0 Å². The summed E-state index contributed by atoms with van der Waals surface area (Å²) in [5, 5.41) is 0. The first-order valence-electron chi connectivity index (χ1n) is 10.3. The third-order valence-corrected chi connectivity index (χ3v) is 4.93. The Labute approximate surface area is 197 Å². The Morgan fingerprint density at radius 1 is 0.375 bits per heavy atom. The van der Waals surface area contributed by atoms with Crippen LogP contribution < -0.4 is 0 Å². The monoisotopic (exact) mass is 479 g/mol. The third kappa shape index (κ3) is 4.98. The minimum absolute atomic E-state index is 0.667. The summed E-state index contributed by atoms with van der Waals surface area (Å²) in [6.07, 6.45) is 0. The maximum Gasteiger partial charge on any atom is 0.164 e. The van der Waals surface area contributed by atoms with Gasteiger partial charge in [-0.2, -0.15) is 0 Å². The van der Waals surface area contributed by atoms with Gasteiger partial charge in [0, 0.05) is 16.7 Å². The van der Waals surface area contributed by atoms with Gasteiger partial charge in [0.25, 0.3) is 0 Å². The van der Waals surface area contributed by atoms with Gasteiger partial charge in [0.1, 0.15) is 0 Å². The lowest BCUT2D eigenvalue weighted by atomic mass is 10.0. The number of rotatable bonds is 4. The fourth-order valence-electron chi connectivity index (χ4n) is 3.41. The molecule has 4 heteroatoms. The van der Waals surface area contributed by atoms with Crippen LogP contribution in [0.15, 0.2) is 115 Å². The summed E-state index contributed by atoms with van der Waals surface area (Å²) in [6, 6.07) is 38.7. The van der Waals surface area contributed by atoms with Crippen LogP contribution in [0.25, 0.3) is 45.3 Å². The van der Waals surface area contributed by atoms with Crippen LogP contribution in [-0.2, 0) is 0 Å². The largest absolute Gasteiger partial charge is 0.208 e. The van der Waals surface area contributed by atoms with Gasteiger partial charge in [-0.1, -0.05) is 125 Å². The average Bonchev–Trinajstić information content (AvgIpc) is 2.91. The third-order valence-electron chi connectivity index (χ3n) is 4.93. The minimum atomic E-state index is 0.667. The molecule has 0 fully saturated rings. The van der Waals surface area contributed by atoms with Gasteiger partial charge in [0.2, 0.25) is 0 Å². The van der Waals surface area contributed by atoms with Crippen LogP contribution in [0.1, 0.15) is 0 Å². The molecule has 4 aromatic carbocycles. The van der Waals surface area contributed by atoms with E-state index in [9.17, 15) is 0 Å². The summed E-state index contributed by atoms with van der Waals surface area (Å²) in [4.78, 5) is 14.4. The number of alkyl halides is 1. The molecule has 0 atom stereocenters. The van der Waals surface area contributed by atoms with Gasteiger partial charge in [-0.3, -0.25) is 0 Å². The molecule has 0 aliphatic heterocycles. The van der Waals surface area contributed by atoms with E-state index in [0.717, 1.165) is 22.3 Å². The summed E-state index contributed by atoms with van der Waals surface area (Å²) < 4.78 is 0. The summed E-state index contributed by atoms with van der Waals surface area (Å²) in [5.74, 6) is 3.82. The maximum absolute atomic E-state index is 4.81. The molecule has 5 rings (SSSR count). The molecule has 0 saturated heterocycles. The zero-order valence-corrected chi connectivity index (χ0v) is 19.3. The van der Waals surface area contributed by atoms with E-state index in [1.54, 1.807) is 0 Å². The van der Waals surface area contributed by atoms with Crippen LogP contribution in [0.2, 0.25) is 0 Å². The summed E-state index contributed by atoms with van der Waals surface area (Å²) in [5.41, 5.74) is 5.21. The van der Waals surface area contributed by atoms with E-state index in [0.29, 0.717) is 17.5 Å². The van der Waals surface area contributed by atoms with E-state index in [1.165, 1.54) is 5.56 Å². The van der Waals surface area contributed by atoms with Gasteiger partial charge in [-0.05, 0) is 23.0 Å². The van der Waals surface area contributed by atoms with Gasteiger partial charge in [0.15, 0.2) is 17.5 Å². The van der Waals surface area contributed by atoms with Crippen molar-refractivity contribution in [2.75, 3.05) is 5.83 Å². The molecule has 0 aliphatic carbocycles. The fourth-order valence-corrected chi connectivity index (χ4v) is 3.41. The Balaban J connectivity index is 0.00000119. The van der Waals surface area contributed by atoms with Crippen molar-refractivity contribution in [2.45, 2.75) is 0 Å².